The number of fused-ring (bicyclic) bond motifs is 1. The van der Waals surface area contributed by atoms with E-state index < -0.39 is 0 Å². The van der Waals surface area contributed by atoms with Crippen molar-refractivity contribution in [2.45, 2.75) is 58.6 Å². The van der Waals surface area contributed by atoms with Gasteiger partial charge < -0.3 is 9.67 Å². The summed E-state index contributed by atoms with van der Waals surface area (Å²) in [5.74, 6) is 0.639. The first-order valence-electron chi connectivity index (χ1n) is 7.82. The minimum atomic E-state index is -0.283. The second kappa shape index (κ2) is 7.44. The molecule has 2 atom stereocenters. The number of hydrogen-bond acceptors (Lipinski definition) is 2. The number of para-hydroxylation sites is 2. The molecule has 0 fully saturated rings. The minimum absolute atomic E-state index is 0.283. The first kappa shape index (κ1) is 15.0. The summed E-state index contributed by atoms with van der Waals surface area (Å²) in [6, 6.07) is 8.08. The van der Waals surface area contributed by atoms with Crippen molar-refractivity contribution >= 4 is 11.0 Å². The van der Waals surface area contributed by atoms with E-state index >= 15 is 0 Å². The van der Waals surface area contributed by atoms with Gasteiger partial charge in [0.15, 0.2) is 0 Å². The molecule has 0 radical (unpaired) electrons. The van der Waals surface area contributed by atoms with Crippen molar-refractivity contribution in [3.8, 4) is 0 Å². The third-order valence-electron chi connectivity index (χ3n) is 4.08. The van der Waals surface area contributed by atoms with E-state index in [4.69, 9.17) is 0 Å². The Morgan fingerprint density at radius 2 is 2.05 bits per heavy atom. The van der Waals surface area contributed by atoms with E-state index in [0.717, 1.165) is 23.9 Å². The number of rotatable bonds is 8. The maximum atomic E-state index is 10.3. The lowest BCUT2D eigenvalue weighted by molar-refractivity contribution is 0.121. The van der Waals surface area contributed by atoms with Crippen LogP contribution in [0.5, 0.6) is 0 Å². The highest BCUT2D eigenvalue weighted by molar-refractivity contribution is 5.74. The minimum Gasteiger partial charge on any atom is -0.391 e. The van der Waals surface area contributed by atoms with Crippen molar-refractivity contribution in [1.29, 1.82) is 0 Å². The average Bonchev–Trinajstić information content (AvgIpc) is 2.87. The molecule has 2 aromatic rings. The molecule has 1 heterocycles. The normalized spacial score (nSPS) is 14.6. The molecule has 0 saturated carbocycles. The number of unbranched alkanes of at least 4 members (excludes halogenated alkanes) is 1. The van der Waals surface area contributed by atoms with Crippen molar-refractivity contribution in [2.24, 2.45) is 5.92 Å². The molecule has 0 aliphatic rings. The van der Waals surface area contributed by atoms with Crippen molar-refractivity contribution in [2.75, 3.05) is 0 Å². The zero-order chi connectivity index (χ0) is 14.4. The molecular formula is C17H26N2O. The predicted octanol–water partition coefficient (Wildman–Crippen LogP) is 4.00. The summed E-state index contributed by atoms with van der Waals surface area (Å²) < 4.78 is 2.06. The second-order valence-electron chi connectivity index (χ2n) is 5.69. The van der Waals surface area contributed by atoms with Crippen LogP contribution in [0.2, 0.25) is 0 Å². The Morgan fingerprint density at radius 3 is 2.80 bits per heavy atom. The van der Waals surface area contributed by atoms with Gasteiger partial charge in [0.2, 0.25) is 0 Å². The first-order chi connectivity index (χ1) is 9.74. The predicted molar refractivity (Wildman–Crippen MR) is 83.7 cm³/mol. The lowest BCUT2D eigenvalue weighted by Gasteiger charge is -2.19. The van der Waals surface area contributed by atoms with Crippen LogP contribution in [0.3, 0.4) is 0 Å². The van der Waals surface area contributed by atoms with Crippen LogP contribution in [-0.4, -0.2) is 20.8 Å². The summed E-state index contributed by atoms with van der Waals surface area (Å²) in [4.78, 5) is 4.37. The average molecular weight is 274 g/mol. The first-order valence-corrected chi connectivity index (χ1v) is 7.82. The highest BCUT2D eigenvalue weighted by Crippen LogP contribution is 2.20. The van der Waals surface area contributed by atoms with Gasteiger partial charge >= 0.3 is 0 Å². The van der Waals surface area contributed by atoms with Gasteiger partial charge in [0.05, 0.1) is 30.0 Å². The zero-order valence-corrected chi connectivity index (χ0v) is 12.6. The van der Waals surface area contributed by atoms with E-state index in [9.17, 15) is 5.11 Å². The van der Waals surface area contributed by atoms with Crippen molar-refractivity contribution in [3.05, 3.63) is 30.6 Å². The van der Waals surface area contributed by atoms with Crippen LogP contribution in [-0.2, 0) is 6.54 Å². The van der Waals surface area contributed by atoms with E-state index in [1.807, 2.05) is 24.5 Å². The third-order valence-corrected chi connectivity index (χ3v) is 4.08. The molecule has 110 valence electrons. The summed E-state index contributed by atoms with van der Waals surface area (Å²) in [6.45, 7) is 5.09. The monoisotopic (exact) mass is 274 g/mol. The van der Waals surface area contributed by atoms with Gasteiger partial charge in [0, 0.05) is 0 Å². The number of aromatic nitrogens is 2. The van der Waals surface area contributed by atoms with Gasteiger partial charge in [-0.2, -0.15) is 0 Å². The molecule has 0 spiro atoms. The zero-order valence-electron chi connectivity index (χ0n) is 12.6. The van der Waals surface area contributed by atoms with Crippen LogP contribution in [0.25, 0.3) is 11.0 Å². The summed E-state index contributed by atoms with van der Waals surface area (Å²) in [7, 11) is 0. The van der Waals surface area contributed by atoms with Gasteiger partial charge in [0.1, 0.15) is 0 Å². The maximum absolute atomic E-state index is 10.3. The number of nitrogens with zero attached hydrogens (tertiary/aromatic N) is 2. The molecule has 2 rings (SSSR count). The molecule has 0 bridgehead atoms. The second-order valence-corrected chi connectivity index (χ2v) is 5.69. The van der Waals surface area contributed by atoms with Gasteiger partial charge in [-0.3, -0.25) is 0 Å². The standard InChI is InChI=1S/C17H26N2O/c1-3-5-8-14(4-2)11-15(20)12-19-13-18-16-9-6-7-10-17(16)19/h6-7,9-10,13-15,20H,3-5,8,11-12H2,1-2H3. The summed E-state index contributed by atoms with van der Waals surface area (Å²) in [5.41, 5.74) is 2.10. The van der Waals surface area contributed by atoms with Gasteiger partial charge in [0.25, 0.3) is 0 Å². The van der Waals surface area contributed by atoms with Crippen LogP contribution >= 0.6 is 0 Å². The fourth-order valence-corrected chi connectivity index (χ4v) is 2.82. The number of benzene rings is 1. The molecule has 1 aromatic heterocycles. The number of hydrogen-bond donors (Lipinski definition) is 1. The van der Waals surface area contributed by atoms with Crippen molar-refractivity contribution in [3.63, 3.8) is 0 Å². The summed E-state index contributed by atoms with van der Waals surface area (Å²) in [5, 5.41) is 10.3. The van der Waals surface area contributed by atoms with Gasteiger partial charge in [-0.1, -0.05) is 51.7 Å². The molecule has 1 aromatic carbocycles. The fraction of sp³-hybridized carbons (Fsp3) is 0.588. The van der Waals surface area contributed by atoms with E-state index in [0.29, 0.717) is 12.5 Å². The molecule has 0 aliphatic carbocycles. The topological polar surface area (TPSA) is 38.0 Å². The SMILES string of the molecule is CCCCC(CC)CC(O)Cn1cnc2ccccc21. The van der Waals surface area contributed by atoms with Crippen LogP contribution < -0.4 is 0 Å². The smallest absolute Gasteiger partial charge is 0.0959 e. The molecule has 0 saturated heterocycles. The number of aliphatic hydroxyl groups excluding tert-OH is 1. The lowest BCUT2D eigenvalue weighted by atomic mass is 9.93. The maximum Gasteiger partial charge on any atom is 0.0959 e. The fourth-order valence-electron chi connectivity index (χ4n) is 2.82. The van der Waals surface area contributed by atoms with Crippen LogP contribution in [0, 0.1) is 5.92 Å². The van der Waals surface area contributed by atoms with Gasteiger partial charge in [-0.05, 0) is 24.5 Å². The van der Waals surface area contributed by atoms with Crippen molar-refractivity contribution < 1.29 is 5.11 Å². The molecule has 0 amide bonds. The highest BCUT2D eigenvalue weighted by Gasteiger charge is 2.14. The summed E-state index contributed by atoms with van der Waals surface area (Å²) in [6.07, 6.45) is 7.33. The largest absolute Gasteiger partial charge is 0.391 e. The molecule has 3 nitrogen and oxygen atoms in total. The number of imidazole rings is 1. The molecular weight excluding hydrogens is 248 g/mol. The van der Waals surface area contributed by atoms with Crippen LogP contribution in [0.1, 0.15) is 46.0 Å². The summed E-state index contributed by atoms with van der Waals surface area (Å²) >= 11 is 0. The Balaban J connectivity index is 1.95. The van der Waals surface area contributed by atoms with E-state index in [2.05, 4.69) is 29.5 Å². The van der Waals surface area contributed by atoms with Gasteiger partial charge in [-0.15, -0.1) is 0 Å². The molecule has 2 unspecified atom stereocenters. The Morgan fingerprint density at radius 1 is 1.25 bits per heavy atom. The van der Waals surface area contributed by atoms with Crippen LogP contribution in [0.4, 0.5) is 0 Å². The Bertz CT molecular complexity index is 520. The lowest BCUT2D eigenvalue weighted by Crippen LogP contribution is -2.19. The highest BCUT2D eigenvalue weighted by atomic mass is 16.3. The van der Waals surface area contributed by atoms with Crippen molar-refractivity contribution in [1.82, 2.24) is 9.55 Å². The van der Waals surface area contributed by atoms with Gasteiger partial charge in [-0.25, -0.2) is 4.98 Å². The molecule has 0 aliphatic heterocycles. The third kappa shape index (κ3) is 3.83. The Hall–Kier alpha value is -1.35. The molecule has 20 heavy (non-hydrogen) atoms. The van der Waals surface area contributed by atoms with E-state index in [1.54, 1.807) is 0 Å². The molecule has 1 N–H and O–H groups in total. The van der Waals surface area contributed by atoms with Crippen LogP contribution in [0.15, 0.2) is 30.6 Å². The Kier molecular flexibility index (Phi) is 5.60. The number of aliphatic hydroxyl groups is 1. The quantitative estimate of drug-likeness (QED) is 0.790. The molecule has 3 heteroatoms. The Labute approximate surface area is 121 Å². The van der Waals surface area contributed by atoms with E-state index in [1.165, 1.54) is 19.3 Å². The van der Waals surface area contributed by atoms with E-state index in [-0.39, 0.29) is 6.10 Å².